The minimum Gasteiger partial charge on any atom is -0.208 e. The fourth-order valence-corrected chi connectivity index (χ4v) is 9.35. The van der Waals surface area contributed by atoms with Gasteiger partial charge in [0.15, 0.2) is 17.5 Å². The third-order valence-corrected chi connectivity index (χ3v) is 11.6. The van der Waals surface area contributed by atoms with E-state index in [0.29, 0.717) is 17.5 Å². The Balaban J connectivity index is 1.30. The van der Waals surface area contributed by atoms with E-state index in [-0.39, 0.29) is 0 Å². The molecule has 0 aliphatic carbocycles. The van der Waals surface area contributed by atoms with E-state index in [1.54, 1.807) is 0 Å². The van der Waals surface area contributed by atoms with Crippen LogP contribution in [0.4, 0.5) is 0 Å². The normalized spacial score (nSPS) is 11.6. The van der Waals surface area contributed by atoms with Crippen molar-refractivity contribution in [1.29, 1.82) is 0 Å². The van der Waals surface area contributed by atoms with Crippen molar-refractivity contribution >= 4 is 63.0 Å². The van der Waals surface area contributed by atoms with Crippen LogP contribution in [0.5, 0.6) is 0 Å². The summed E-state index contributed by atoms with van der Waals surface area (Å²) in [5.74, 6) is 1.94. The molecule has 10 rings (SSSR count). The summed E-state index contributed by atoms with van der Waals surface area (Å²) in [5.41, 5.74) is 7.37. The maximum atomic E-state index is 5.28. The number of benzene rings is 7. The maximum absolute atomic E-state index is 5.28. The highest BCUT2D eigenvalue weighted by Gasteiger charge is 2.22. The topological polar surface area (TPSA) is 38.7 Å². The van der Waals surface area contributed by atoms with Crippen LogP contribution in [0.3, 0.4) is 0 Å². The summed E-state index contributed by atoms with van der Waals surface area (Å²) in [6, 6.07) is 57.9. The van der Waals surface area contributed by atoms with Crippen molar-refractivity contribution in [2.45, 2.75) is 0 Å². The Morgan fingerprint density at radius 1 is 0.320 bits per heavy atom. The molecule has 0 unspecified atom stereocenters. The minimum absolute atomic E-state index is 0.648. The summed E-state index contributed by atoms with van der Waals surface area (Å²) in [4.78, 5) is 15.6. The predicted octanol–water partition coefficient (Wildman–Crippen LogP) is 12.9. The van der Waals surface area contributed by atoms with Gasteiger partial charge in [0, 0.05) is 57.0 Å². The van der Waals surface area contributed by atoms with Crippen molar-refractivity contribution in [2.75, 3.05) is 0 Å². The highest BCUT2D eigenvalue weighted by atomic mass is 32.1. The molecule has 5 heteroatoms. The van der Waals surface area contributed by atoms with Gasteiger partial charge in [-0.2, -0.15) is 0 Å². The second-order valence-electron chi connectivity index (χ2n) is 12.4. The van der Waals surface area contributed by atoms with Crippen LogP contribution in [0.25, 0.3) is 96.8 Å². The molecule has 0 fully saturated rings. The lowest BCUT2D eigenvalue weighted by atomic mass is 9.89. The molecule has 0 radical (unpaired) electrons. The van der Waals surface area contributed by atoms with E-state index in [1.165, 1.54) is 45.9 Å². The Bertz CT molecular complexity index is 2810. The minimum atomic E-state index is 0.648. The van der Waals surface area contributed by atoms with Crippen molar-refractivity contribution < 1.29 is 0 Å². The van der Waals surface area contributed by atoms with Gasteiger partial charge in [0.05, 0.1) is 0 Å². The van der Waals surface area contributed by atoms with Gasteiger partial charge in [-0.25, -0.2) is 15.0 Å². The van der Waals surface area contributed by atoms with Gasteiger partial charge in [-0.15, -0.1) is 22.7 Å². The Morgan fingerprint density at radius 2 is 0.840 bits per heavy atom. The molecule has 0 bridgehead atoms. The summed E-state index contributed by atoms with van der Waals surface area (Å²) in [7, 11) is 0. The average Bonchev–Trinajstić information content (AvgIpc) is 3.76. The Morgan fingerprint density at radius 3 is 1.58 bits per heavy atom. The number of hydrogen-bond donors (Lipinski definition) is 0. The van der Waals surface area contributed by atoms with E-state index in [1.807, 2.05) is 59.1 Å². The van der Waals surface area contributed by atoms with E-state index in [2.05, 4.69) is 127 Å². The average molecular weight is 674 g/mol. The molecule has 0 atom stereocenters. The SMILES string of the molecule is c1ccc(-c2nc(-c3ccccc3)nc(-c3c(-c4ccc5c(c4)sc4ccccc45)cccc3-c3cccc4sc5ccccc5c34)n2)cc1. The molecule has 0 amide bonds. The summed E-state index contributed by atoms with van der Waals surface area (Å²) in [6.45, 7) is 0. The number of nitrogens with zero attached hydrogens (tertiary/aromatic N) is 3. The second kappa shape index (κ2) is 11.8. The lowest BCUT2D eigenvalue weighted by Gasteiger charge is -2.17. The van der Waals surface area contributed by atoms with E-state index < -0.39 is 0 Å². The molecule has 0 aliphatic heterocycles. The lowest BCUT2D eigenvalue weighted by Crippen LogP contribution is -2.02. The third-order valence-electron chi connectivity index (χ3n) is 9.37. The van der Waals surface area contributed by atoms with E-state index >= 15 is 0 Å². The Kier molecular flexibility index (Phi) is 6.86. The van der Waals surface area contributed by atoms with Gasteiger partial charge < -0.3 is 0 Å². The highest BCUT2D eigenvalue weighted by molar-refractivity contribution is 7.26. The van der Waals surface area contributed by atoms with Crippen LogP contribution in [0.15, 0.2) is 164 Å². The molecule has 50 heavy (non-hydrogen) atoms. The van der Waals surface area contributed by atoms with Crippen molar-refractivity contribution in [3.63, 3.8) is 0 Å². The number of fused-ring (bicyclic) bond motifs is 6. The van der Waals surface area contributed by atoms with Crippen molar-refractivity contribution in [1.82, 2.24) is 15.0 Å². The first-order valence-corrected chi connectivity index (χ1v) is 18.2. The molecule has 3 nitrogen and oxygen atoms in total. The first kappa shape index (κ1) is 29.0. The monoisotopic (exact) mass is 673 g/mol. The zero-order valence-electron chi connectivity index (χ0n) is 26.7. The van der Waals surface area contributed by atoms with E-state index in [0.717, 1.165) is 33.4 Å². The van der Waals surface area contributed by atoms with Gasteiger partial charge in [-0.05, 0) is 46.5 Å². The maximum Gasteiger partial charge on any atom is 0.165 e. The second-order valence-corrected chi connectivity index (χ2v) is 14.5. The zero-order valence-corrected chi connectivity index (χ0v) is 28.4. The standard InChI is InChI=1S/C45H27N3S2/c1-3-13-28(14-4-1)43-46-44(29-15-5-2-6-16-29)48-45(47-43)42-31(30-25-26-33-32-17-7-9-22-37(32)50-40(33)27-30)19-11-20-35(42)34-21-12-24-39-41(34)36-18-8-10-23-38(36)49-39/h1-27H. The van der Waals surface area contributed by atoms with Gasteiger partial charge in [-0.3, -0.25) is 0 Å². The van der Waals surface area contributed by atoms with Gasteiger partial charge >= 0.3 is 0 Å². The number of rotatable bonds is 5. The quantitative estimate of drug-likeness (QED) is 0.182. The van der Waals surface area contributed by atoms with Crippen LogP contribution in [0, 0.1) is 0 Å². The van der Waals surface area contributed by atoms with Crippen LogP contribution in [0.2, 0.25) is 0 Å². The Labute approximate surface area is 296 Å². The molecule has 3 aromatic heterocycles. The molecular formula is C45H27N3S2. The van der Waals surface area contributed by atoms with Crippen LogP contribution in [0.1, 0.15) is 0 Å². The van der Waals surface area contributed by atoms with Crippen molar-refractivity contribution in [3.8, 4) is 56.4 Å². The molecule has 0 aliphatic rings. The van der Waals surface area contributed by atoms with Crippen molar-refractivity contribution in [3.05, 3.63) is 164 Å². The molecule has 0 saturated heterocycles. The summed E-state index contributed by atoms with van der Waals surface area (Å²) < 4.78 is 5.09. The fraction of sp³-hybridized carbons (Fsp3) is 0. The van der Waals surface area contributed by atoms with Crippen LogP contribution < -0.4 is 0 Å². The fourth-order valence-electron chi connectivity index (χ4n) is 7.07. The number of aromatic nitrogens is 3. The smallest absolute Gasteiger partial charge is 0.165 e. The van der Waals surface area contributed by atoms with Gasteiger partial charge in [-0.1, -0.05) is 140 Å². The molecular weight excluding hydrogens is 647 g/mol. The number of hydrogen-bond acceptors (Lipinski definition) is 5. The van der Waals surface area contributed by atoms with Crippen LogP contribution >= 0.6 is 22.7 Å². The molecule has 0 spiro atoms. The van der Waals surface area contributed by atoms with Crippen LogP contribution in [-0.4, -0.2) is 15.0 Å². The third kappa shape index (κ3) is 4.82. The van der Waals surface area contributed by atoms with Gasteiger partial charge in [0.25, 0.3) is 0 Å². The molecule has 3 heterocycles. The highest BCUT2D eigenvalue weighted by Crippen LogP contribution is 2.46. The summed E-state index contributed by atoms with van der Waals surface area (Å²) in [6.07, 6.45) is 0. The summed E-state index contributed by atoms with van der Waals surface area (Å²) >= 11 is 3.67. The zero-order chi connectivity index (χ0) is 33.0. The Hall–Kier alpha value is -6.01. The first-order chi connectivity index (χ1) is 24.8. The molecule has 7 aromatic carbocycles. The largest absolute Gasteiger partial charge is 0.208 e. The lowest BCUT2D eigenvalue weighted by molar-refractivity contribution is 1.07. The van der Waals surface area contributed by atoms with E-state index in [9.17, 15) is 0 Å². The predicted molar refractivity (Wildman–Crippen MR) is 213 cm³/mol. The summed E-state index contributed by atoms with van der Waals surface area (Å²) in [5, 5.41) is 5.09. The van der Waals surface area contributed by atoms with Gasteiger partial charge in [0.2, 0.25) is 0 Å². The molecule has 0 saturated carbocycles. The van der Waals surface area contributed by atoms with Crippen molar-refractivity contribution in [2.24, 2.45) is 0 Å². The van der Waals surface area contributed by atoms with Gasteiger partial charge in [0.1, 0.15) is 0 Å². The molecule has 10 aromatic rings. The molecule has 234 valence electrons. The van der Waals surface area contributed by atoms with Crippen LogP contribution in [-0.2, 0) is 0 Å². The number of thiophene rings is 2. The first-order valence-electron chi connectivity index (χ1n) is 16.6. The molecule has 0 N–H and O–H groups in total. The van der Waals surface area contributed by atoms with E-state index in [4.69, 9.17) is 15.0 Å².